The van der Waals surface area contributed by atoms with E-state index in [0.29, 0.717) is 6.42 Å². The minimum Gasteiger partial charge on any atom is -0.344 e. The Labute approximate surface area is 188 Å². The van der Waals surface area contributed by atoms with Gasteiger partial charge in [0.05, 0.1) is 0 Å². The summed E-state index contributed by atoms with van der Waals surface area (Å²) < 4.78 is 2.25. The van der Waals surface area contributed by atoms with Crippen molar-refractivity contribution in [1.82, 2.24) is 9.88 Å². The summed E-state index contributed by atoms with van der Waals surface area (Å²) in [5.41, 5.74) is 5.24. The average molecular weight is 422 g/mol. The van der Waals surface area contributed by atoms with Crippen LogP contribution in [0.3, 0.4) is 0 Å². The monoisotopic (exact) mass is 421 g/mol. The van der Waals surface area contributed by atoms with E-state index in [9.17, 15) is 4.79 Å². The fourth-order valence-electron chi connectivity index (χ4n) is 5.83. The van der Waals surface area contributed by atoms with E-state index in [1.807, 2.05) is 0 Å². The molecule has 1 amide bonds. The lowest BCUT2D eigenvalue weighted by atomic mass is 9.74. The maximum Gasteiger partial charge on any atom is 0.223 e. The van der Waals surface area contributed by atoms with Crippen LogP contribution in [-0.4, -0.2) is 22.7 Å². The Morgan fingerprint density at radius 1 is 0.938 bits per heavy atom. The van der Waals surface area contributed by atoms with Crippen LogP contribution in [0, 0.1) is 0 Å². The Hall–Kier alpha value is -3.53. The summed E-state index contributed by atoms with van der Waals surface area (Å²) >= 11 is 0. The van der Waals surface area contributed by atoms with Gasteiger partial charge >= 0.3 is 0 Å². The van der Waals surface area contributed by atoms with Crippen LogP contribution < -0.4 is 10.2 Å². The zero-order chi connectivity index (χ0) is 22.1. The predicted molar refractivity (Wildman–Crippen MR) is 132 cm³/mol. The summed E-state index contributed by atoms with van der Waals surface area (Å²) in [5, 5.41) is 5.88. The molecule has 0 spiro atoms. The van der Waals surface area contributed by atoms with Gasteiger partial charge < -0.3 is 14.8 Å². The molecule has 32 heavy (non-hydrogen) atoms. The van der Waals surface area contributed by atoms with Gasteiger partial charge in [-0.3, -0.25) is 4.79 Å². The first kappa shape index (κ1) is 19.2. The second-order valence-electron chi connectivity index (χ2n) is 9.54. The van der Waals surface area contributed by atoms with Crippen LogP contribution in [0.2, 0.25) is 0 Å². The van der Waals surface area contributed by atoms with Gasteiger partial charge in [-0.25, -0.2) is 0 Å². The van der Waals surface area contributed by atoms with Crippen LogP contribution in [0.1, 0.15) is 31.4 Å². The van der Waals surface area contributed by atoms with Crippen molar-refractivity contribution in [3.63, 3.8) is 0 Å². The van der Waals surface area contributed by atoms with Gasteiger partial charge in [0.15, 0.2) is 0 Å². The molecule has 160 valence electrons. The third-order valence-electron chi connectivity index (χ3n) is 7.59. The normalized spacial score (nSPS) is 21.8. The molecule has 0 unspecified atom stereocenters. The van der Waals surface area contributed by atoms with Crippen molar-refractivity contribution in [2.45, 2.75) is 31.3 Å². The quantitative estimate of drug-likeness (QED) is 0.473. The van der Waals surface area contributed by atoms with Crippen molar-refractivity contribution >= 4 is 39.5 Å². The van der Waals surface area contributed by atoms with Gasteiger partial charge in [-0.2, -0.15) is 0 Å². The number of nitrogens with one attached hydrogen (secondary N) is 1. The topological polar surface area (TPSA) is 37.3 Å². The number of anilines is 1. The molecule has 0 saturated carbocycles. The summed E-state index contributed by atoms with van der Waals surface area (Å²) in [5.74, 6) is 0.108. The highest BCUT2D eigenvalue weighted by molar-refractivity contribution is 6.08. The SMILES string of the molecule is Cn1c2ccccc2c2cc(C=C[C@@]34NC(=O)CCN3c3ccccc3C4(C)C)ccc21. The van der Waals surface area contributed by atoms with Crippen LogP contribution in [0.25, 0.3) is 27.9 Å². The third-order valence-corrected chi connectivity index (χ3v) is 7.59. The Bertz CT molecular complexity index is 1430. The minimum atomic E-state index is -0.584. The molecule has 2 aliphatic rings. The van der Waals surface area contributed by atoms with E-state index in [4.69, 9.17) is 0 Å². The summed E-state index contributed by atoms with van der Waals surface area (Å²) in [6, 6.07) is 23.7. The molecule has 1 aromatic heterocycles. The fraction of sp³-hybridized carbons (Fsp3) is 0.250. The maximum atomic E-state index is 12.6. The van der Waals surface area contributed by atoms with Crippen molar-refractivity contribution < 1.29 is 4.79 Å². The molecule has 3 aromatic carbocycles. The van der Waals surface area contributed by atoms with Crippen LogP contribution in [-0.2, 0) is 17.3 Å². The van der Waals surface area contributed by atoms with Gasteiger partial charge in [-0.05, 0) is 41.5 Å². The summed E-state index contributed by atoms with van der Waals surface area (Å²) in [6.07, 6.45) is 4.89. The zero-order valence-electron chi connectivity index (χ0n) is 18.7. The second kappa shape index (κ2) is 6.49. The van der Waals surface area contributed by atoms with Gasteiger partial charge in [-0.15, -0.1) is 0 Å². The lowest BCUT2D eigenvalue weighted by Gasteiger charge is -2.49. The van der Waals surface area contributed by atoms with Crippen molar-refractivity contribution in [3.05, 3.63) is 83.9 Å². The number of nitrogens with zero attached hydrogens (tertiary/aromatic N) is 2. The zero-order valence-corrected chi connectivity index (χ0v) is 18.7. The van der Waals surface area contributed by atoms with E-state index >= 15 is 0 Å². The molecule has 0 radical (unpaired) electrons. The van der Waals surface area contributed by atoms with Gasteiger partial charge in [0, 0.05) is 52.9 Å². The summed E-state index contributed by atoms with van der Waals surface area (Å²) in [7, 11) is 2.12. The molecule has 4 nitrogen and oxygen atoms in total. The Morgan fingerprint density at radius 3 is 2.56 bits per heavy atom. The van der Waals surface area contributed by atoms with Crippen LogP contribution in [0.4, 0.5) is 5.69 Å². The number of aryl methyl sites for hydroxylation is 1. The molecule has 6 rings (SSSR count). The minimum absolute atomic E-state index is 0.108. The van der Waals surface area contributed by atoms with Crippen molar-refractivity contribution in [2.75, 3.05) is 11.4 Å². The van der Waals surface area contributed by atoms with E-state index < -0.39 is 5.66 Å². The lowest BCUT2D eigenvalue weighted by Crippen LogP contribution is -2.68. The first-order chi connectivity index (χ1) is 15.4. The molecule has 1 atom stereocenters. The van der Waals surface area contributed by atoms with E-state index in [1.165, 1.54) is 33.1 Å². The maximum absolute atomic E-state index is 12.6. The Morgan fingerprint density at radius 2 is 1.69 bits per heavy atom. The Balaban J connectivity index is 1.49. The summed E-state index contributed by atoms with van der Waals surface area (Å²) in [6.45, 7) is 5.18. The number of hydrogen-bond acceptors (Lipinski definition) is 2. The highest BCUT2D eigenvalue weighted by atomic mass is 16.2. The van der Waals surface area contributed by atoms with Crippen LogP contribution in [0.15, 0.2) is 72.8 Å². The number of hydrogen-bond donors (Lipinski definition) is 1. The molecule has 1 N–H and O–H groups in total. The van der Waals surface area contributed by atoms with Gasteiger partial charge in [0.2, 0.25) is 5.91 Å². The molecule has 0 bridgehead atoms. The Kier molecular flexibility index (Phi) is 3.89. The largest absolute Gasteiger partial charge is 0.344 e. The standard InChI is InChI=1S/C28H27N3O/c1-27(2)22-9-5-7-11-25(22)31-17-15-26(32)29-28(27,31)16-14-19-12-13-24-21(18-19)20-8-4-6-10-23(20)30(24)3/h4-14,16,18H,15,17H2,1-3H3,(H,29,32)/t28-/m1/s1. The van der Waals surface area contributed by atoms with Gasteiger partial charge in [-0.1, -0.05) is 62.4 Å². The molecular weight excluding hydrogens is 394 g/mol. The number of amides is 1. The number of fused-ring (bicyclic) bond motifs is 6. The third kappa shape index (κ3) is 2.41. The van der Waals surface area contributed by atoms with E-state index in [2.05, 4.69) is 115 Å². The fourth-order valence-corrected chi connectivity index (χ4v) is 5.83. The molecule has 3 heterocycles. The second-order valence-corrected chi connectivity index (χ2v) is 9.54. The highest BCUT2D eigenvalue weighted by Gasteiger charge is 2.57. The van der Waals surface area contributed by atoms with Crippen molar-refractivity contribution in [2.24, 2.45) is 7.05 Å². The number of aromatic nitrogens is 1. The molecule has 4 aromatic rings. The number of carbonyl (C=O) groups excluding carboxylic acids is 1. The van der Waals surface area contributed by atoms with Crippen LogP contribution >= 0.6 is 0 Å². The van der Waals surface area contributed by atoms with E-state index in [0.717, 1.165) is 12.1 Å². The predicted octanol–water partition coefficient (Wildman–Crippen LogP) is 5.36. The number of rotatable bonds is 2. The molecule has 4 heteroatoms. The van der Waals surface area contributed by atoms with Gasteiger partial charge in [0.25, 0.3) is 0 Å². The summed E-state index contributed by atoms with van der Waals surface area (Å²) in [4.78, 5) is 15.0. The van der Waals surface area contributed by atoms with Crippen LogP contribution in [0.5, 0.6) is 0 Å². The molecule has 1 saturated heterocycles. The molecule has 0 aliphatic carbocycles. The average Bonchev–Trinajstić information content (AvgIpc) is 3.19. The first-order valence-corrected chi connectivity index (χ1v) is 11.3. The van der Waals surface area contributed by atoms with Crippen molar-refractivity contribution in [3.8, 4) is 0 Å². The first-order valence-electron chi connectivity index (χ1n) is 11.3. The number of benzene rings is 3. The van der Waals surface area contributed by atoms with E-state index in [1.54, 1.807) is 0 Å². The molecule has 2 aliphatic heterocycles. The highest BCUT2D eigenvalue weighted by Crippen LogP contribution is 2.52. The molecular formula is C28H27N3O. The smallest absolute Gasteiger partial charge is 0.223 e. The van der Waals surface area contributed by atoms with Gasteiger partial charge in [0.1, 0.15) is 5.66 Å². The van der Waals surface area contributed by atoms with E-state index in [-0.39, 0.29) is 11.3 Å². The van der Waals surface area contributed by atoms with Crippen molar-refractivity contribution in [1.29, 1.82) is 0 Å². The lowest BCUT2D eigenvalue weighted by molar-refractivity contribution is -0.124. The number of carbonyl (C=O) groups is 1. The number of para-hydroxylation sites is 2. The molecule has 1 fully saturated rings.